The highest BCUT2D eigenvalue weighted by Gasteiger charge is 2.24. The van der Waals surface area contributed by atoms with Crippen LogP contribution >= 0.6 is 0 Å². The number of hydrogen-bond acceptors (Lipinski definition) is 3. The van der Waals surface area contributed by atoms with Crippen LogP contribution in [0.1, 0.15) is 48.0 Å². The second-order valence-corrected chi connectivity index (χ2v) is 5.90. The van der Waals surface area contributed by atoms with Crippen LogP contribution in [0.15, 0.2) is 24.3 Å². The summed E-state index contributed by atoms with van der Waals surface area (Å²) in [6, 6.07) is 8.60. The van der Waals surface area contributed by atoms with Gasteiger partial charge in [-0.3, -0.25) is 15.6 Å². The van der Waals surface area contributed by atoms with Crippen LogP contribution in [-0.2, 0) is 0 Å². The van der Waals surface area contributed by atoms with Gasteiger partial charge in [0.15, 0.2) is 0 Å². The first-order chi connectivity index (χ1) is 9.75. The van der Waals surface area contributed by atoms with Crippen LogP contribution in [0, 0.1) is 0 Å². The zero-order valence-electron chi connectivity index (χ0n) is 12.1. The molecular formula is C16H23N3O. The minimum Gasteiger partial charge on any atom is -0.339 e. The Hall–Kier alpha value is -1.39. The molecule has 0 bridgehead atoms. The van der Waals surface area contributed by atoms with Crippen LogP contribution < -0.4 is 10.9 Å². The fourth-order valence-corrected chi connectivity index (χ4v) is 3.17. The van der Waals surface area contributed by atoms with Gasteiger partial charge in [0.1, 0.15) is 0 Å². The largest absolute Gasteiger partial charge is 0.339 e. The third-order valence-corrected chi connectivity index (χ3v) is 4.48. The number of likely N-dealkylation sites (tertiary alicyclic amines) is 1. The topological polar surface area (TPSA) is 44.4 Å². The van der Waals surface area contributed by atoms with E-state index in [1.807, 2.05) is 17.0 Å². The van der Waals surface area contributed by atoms with Crippen LogP contribution in [-0.4, -0.2) is 36.5 Å². The summed E-state index contributed by atoms with van der Waals surface area (Å²) in [5, 5.41) is 0. The molecule has 3 rings (SSSR count). The standard InChI is InChI=1S/C16H23N3O/c1-12-15(11-17-18-12)13-5-7-14(8-6-13)16(20)19-9-3-2-4-10-19/h5-8,12,15,17-18H,2-4,9-11H2,1H3. The Balaban J connectivity index is 1.70. The van der Waals surface area contributed by atoms with Gasteiger partial charge in [-0.05, 0) is 43.9 Å². The molecule has 108 valence electrons. The maximum absolute atomic E-state index is 12.4. The lowest BCUT2D eigenvalue weighted by Gasteiger charge is -2.26. The van der Waals surface area contributed by atoms with Crippen LogP contribution in [0.4, 0.5) is 0 Å². The molecule has 2 N–H and O–H groups in total. The Labute approximate surface area is 120 Å². The van der Waals surface area contributed by atoms with Crippen LogP contribution in [0.3, 0.4) is 0 Å². The second kappa shape index (κ2) is 5.94. The first kappa shape index (κ1) is 13.6. The van der Waals surface area contributed by atoms with Gasteiger partial charge in [0.05, 0.1) is 0 Å². The van der Waals surface area contributed by atoms with Crippen LogP contribution in [0.5, 0.6) is 0 Å². The lowest BCUT2D eigenvalue weighted by molar-refractivity contribution is 0.0724. The Morgan fingerprint density at radius 1 is 1.15 bits per heavy atom. The van der Waals surface area contributed by atoms with E-state index in [1.165, 1.54) is 12.0 Å². The molecular weight excluding hydrogens is 250 g/mol. The second-order valence-electron chi connectivity index (χ2n) is 5.90. The summed E-state index contributed by atoms with van der Waals surface area (Å²) in [6.45, 7) is 4.94. The zero-order chi connectivity index (χ0) is 13.9. The predicted octanol–water partition coefficient (Wildman–Crippen LogP) is 1.89. The van der Waals surface area contributed by atoms with Crippen molar-refractivity contribution in [2.75, 3.05) is 19.6 Å². The van der Waals surface area contributed by atoms with Gasteiger partial charge in [-0.2, -0.15) is 0 Å². The molecule has 0 radical (unpaired) electrons. The number of nitrogens with one attached hydrogen (secondary N) is 2. The average Bonchev–Trinajstić information content (AvgIpc) is 2.94. The predicted molar refractivity (Wildman–Crippen MR) is 79.5 cm³/mol. The van der Waals surface area contributed by atoms with Gasteiger partial charge in [-0.25, -0.2) is 0 Å². The monoisotopic (exact) mass is 273 g/mol. The van der Waals surface area contributed by atoms with E-state index >= 15 is 0 Å². The van der Waals surface area contributed by atoms with Crippen molar-refractivity contribution in [3.8, 4) is 0 Å². The first-order valence-electron chi connectivity index (χ1n) is 7.63. The number of hydrazine groups is 1. The number of carbonyl (C=O) groups excluding carboxylic acids is 1. The van der Waals surface area contributed by atoms with Gasteiger partial charge in [0.2, 0.25) is 0 Å². The van der Waals surface area contributed by atoms with Crippen molar-refractivity contribution < 1.29 is 4.79 Å². The molecule has 0 saturated carbocycles. The highest BCUT2D eigenvalue weighted by molar-refractivity contribution is 5.94. The van der Waals surface area contributed by atoms with Gasteiger partial charge >= 0.3 is 0 Å². The van der Waals surface area contributed by atoms with Gasteiger partial charge in [-0.15, -0.1) is 0 Å². The summed E-state index contributed by atoms with van der Waals surface area (Å²) in [6.07, 6.45) is 3.53. The molecule has 2 aliphatic heterocycles. The minimum atomic E-state index is 0.187. The number of hydrogen-bond donors (Lipinski definition) is 2. The highest BCUT2D eigenvalue weighted by Crippen LogP contribution is 2.23. The average molecular weight is 273 g/mol. The molecule has 4 nitrogen and oxygen atoms in total. The molecule has 0 aliphatic carbocycles. The number of amides is 1. The summed E-state index contributed by atoms with van der Waals surface area (Å²) in [5.74, 6) is 0.668. The van der Waals surface area contributed by atoms with Crippen molar-refractivity contribution in [2.24, 2.45) is 0 Å². The van der Waals surface area contributed by atoms with Gasteiger partial charge < -0.3 is 4.90 Å². The summed E-state index contributed by atoms with van der Waals surface area (Å²) in [7, 11) is 0. The van der Waals surface area contributed by atoms with E-state index in [0.29, 0.717) is 12.0 Å². The molecule has 20 heavy (non-hydrogen) atoms. The Morgan fingerprint density at radius 3 is 2.45 bits per heavy atom. The highest BCUT2D eigenvalue weighted by atomic mass is 16.2. The van der Waals surface area contributed by atoms with E-state index in [0.717, 1.165) is 38.0 Å². The third-order valence-electron chi connectivity index (χ3n) is 4.48. The molecule has 0 aromatic heterocycles. The van der Waals surface area contributed by atoms with Crippen molar-refractivity contribution >= 4 is 5.91 Å². The maximum Gasteiger partial charge on any atom is 0.253 e. The van der Waals surface area contributed by atoms with E-state index in [9.17, 15) is 4.79 Å². The van der Waals surface area contributed by atoms with Gasteiger partial charge in [0, 0.05) is 37.2 Å². The van der Waals surface area contributed by atoms with Crippen LogP contribution in [0.25, 0.3) is 0 Å². The molecule has 1 amide bonds. The van der Waals surface area contributed by atoms with Crippen molar-refractivity contribution in [1.29, 1.82) is 0 Å². The summed E-state index contributed by atoms with van der Waals surface area (Å²) < 4.78 is 0. The molecule has 2 heterocycles. The van der Waals surface area contributed by atoms with E-state index in [4.69, 9.17) is 0 Å². The summed E-state index contributed by atoms with van der Waals surface area (Å²) in [5.41, 5.74) is 8.53. The van der Waals surface area contributed by atoms with Gasteiger partial charge in [0.25, 0.3) is 5.91 Å². The first-order valence-corrected chi connectivity index (χ1v) is 7.63. The molecule has 2 fully saturated rings. The molecule has 2 unspecified atom stereocenters. The van der Waals surface area contributed by atoms with Gasteiger partial charge in [-0.1, -0.05) is 12.1 Å². The smallest absolute Gasteiger partial charge is 0.253 e. The van der Waals surface area contributed by atoms with E-state index in [2.05, 4.69) is 29.9 Å². The quantitative estimate of drug-likeness (QED) is 0.865. The Kier molecular flexibility index (Phi) is 4.03. The molecule has 1 aromatic rings. The number of benzene rings is 1. The third kappa shape index (κ3) is 2.72. The molecule has 0 spiro atoms. The Morgan fingerprint density at radius 2 is 1.85 bits per heavy atom. The molecule has 2 aliphatic rings. The normalized spacial score (nSPS) is 26.8. The van der Waals surface area contributed by atoms with Crippen molar-refractivity contribution in [2.45, 2.75) is 38.1 Å². The van der Waals surface area contributed by atoms with E-state index < -0.39 is 0 Å². The zero-order valence-corrected chi connectivity index (χ0v) is 12.1. The Bertz CT molecular complexity index is 465. The van der Waals surface area contributed by atoms with Crippen LogP contribution in [0.2, 0.25) is 0 Å². The molecule has 2 atom stereocenters. The maximum atomic E-state index is 12.4. The van der Waals surface area contributed by atoms with E-state index in [-0.39, 0.29) is 5.91 Å². The fraction of sp³-hybridized carbons (Fsp3) is 0.562. The lowest BCUT2D eigenvalue weighted by Crippen LogP contribution is -2.35. The molecule has 4 heteroatoms. The van der Waals surface area contributed by atoms with E-state index in [1.54, 1.807) is 0 Å². The van der Waals surface area contributed by atoms with Crippen molar-refractivity contribution in [3.63, 3.8) is 0 Å². The van der Waals surface area contributed by atoms with Crippen molar-refractivity contribution in [1.82, 2.24) is 15.8 Å². The number of rotatable bonds is 2. The summed E-state index contributed by atoms with van der Waals surface area (Å²) in [4.78, 5) is 14.4. The fourth-order valence-electron chi connectivity index (χ4n) is 3.17. The number of nitrogens with zero attached hydrogens (tertiary/aromatic N) is 1. The SMILES string of the molecule is CC1NNCC1c1ccc(C(=O)N2CCCCC2)cc1. The molecule has 1 aromatic carbocycles. The molecule has 2 saturated heterocycles. The number of carbonyl (C=O) groups is 1. The lowest BCUT2D eigenvalue weighted by atomic mass is 9.93. The summed E-state index contributed by atoms with van der Waals surface area (Å²) >= 11 is 0. The number of piperidine rings is 1. The van der Waals surface area contributed by atoms with Crippen molar-refractivity contribution in [3.05, 3.63) is 35.4 Å². The minimum absolute atomic E-state index is 0.187.